The lowest BCUT2D eigenvalue weighted by atomic mass is 10.2. The third-order valence-electron chi connectivity index (χ3n) is 2.66. The third kappa shape index (κ3) is 8.27. The molecule has 3 heteroatoms. The molecule has 0 saturated heterocycles. The Hall–Kier alpha value is -0.543. The summed E-state index contributed by atoms with van der Waals surface area (Å²) in [6, 6.07) is 8.75. The number of benzene rings is 1. The van der Waals surface area contributed by atoms with Crippen molar-refractivity contribution in [1.29, 1.82) is 0 Å². The first-order valence-corrected chi connectivity index (χ1v) is 12.3. The molecule has 0 fully saturated rings. The van der Waals surface area contributed by atoms with Crippen molar-refractivity contribution in [3.8, 4) is 0 Å². The van der Waals surface area contributed by atoms with E-state index < -0.39 is 7.22 Å². The molecule has 0 unspecified atom stereocenters. The summed E-state index contributed by atoms with van der Waals surface area (Å²) in [5, 5.41) is 0. The molecule has 0 spiro atoms. The minimum atomic E-state index is -1.10. The maximum atomic E-state index is 4.53. The standard InChI is InChI=1S/C16H27NSSi/c1-5-6-7-8-12-17-14-15-10-9-11-16(13-15)18-19(2,3)4/h9-11,13-14H,5-8,12H2,1-4H3. The largest absolute Gasteiger partial charge is 0.293 e. The number of hydrogen-bond acceptors (Lipinski definition) is 2. The summed E-state index contributed by atoms with van der Waals surface area (Å²) in [5.74, 6) is 0. The van der Waals surface area contributed by atoms with Gasteiger partial charge in [-0.25, -0.2) is 0 Å². The van der Waals surface area contributed by atoms with Gasteiger partial charge in [-0.3, -0.25) is 4.99 Å². The van der Waals surface area contributed by atoms with E-state index in [4.69, 9.17) is 0 Å². The molecule has 1 aromatic carbocycles. The summed E-state index contributed by atoms with van der Waals surface area (Å²) in [5.41, 5.74) is 1.23. The summed E-state index contributed by atoms with van der Waals surface area (Å²) in [7, 11) is -1.10. The molecule has 0 saturated carbocycles. The van der Waals surface area contributed by atoms with Gasteiger partial charge in [-0.2, -0.15) is 11.2 Å². The van der Waals surface area contributed by atoms with E-state index in [1.807, 2.05) is 17.4 Å². The highest BCUT2D eigenvalue weighted by Gasteiger charge is 2.14. The van der Waals surface area contributed by atoms with Crippen LogP contribution in [0.15, 0.2) is 34.2 Å². The van der Waals surface area contributed by atoms with Crippen LogP contribution < -0.4 is 0 Å². The Bertz CT molecular complexity index is 396. The van der Waals surface area contributed by atoms with Crippen LogP contribution in [0.25, 0.3) is 0 Å². The van der Waals surface area contributed by atoms with E-state index in [9.17, 15) is 0 Å². The number of rotatable bonds is 8. The van der Waals surface area contributed by atoms with Crippen molar-refractivity contribution in [2.75, 3.05) is 6.54 Å². The normalized spacial score (nSPS) is 12.2. The Morgan fingerprint density at radius 2 is 1.95 bits per heavy atom. The predicted octanol–water partition coefficient (Wildman–Crippen LogP) is 5.61. The first kappa shape index (κ1) is 16.5. The molecule has 0 radical (unpaired) electrons. The lowest BCUT2D eigenvalue weighted by Crippen LogP contribution is -2.13. The molecule has 0 amide bonds. The average Bonchev–Trinajstić information content (AvgIpc) is 2.32. The second kappa shape index (κ2) is 8.59. The molecular formula is C16H27NSSi. The fourth-order valence-electron chi connectivity index (χ4n) is 1.81. The van der Waals surface area contributed by atoms with Gasteiger partial charge in [0.2, 0.25) is 0 Å². The van der Waals surface area contributed by atoms with E-state index in [1.165, 1.54) is 36.1 Å². The minimum Gasteiger partial charge on any atom is -0.293 e. The summed E-state index contributed by atoms with van der Waals surface area (Å²) in [4.78, 5) is 5.91. The van der Waals surface area contributed by atoms with Gasteiger partial charge >= 0.3 is 0 Å². The van der Waals surface area contributed by atoms with Crippen molar-refractivity contribution in [1.82, 2.24) is 0 Å². The lowest BCUT2D eigenvalue weighted by Gasteiger charge is -2.15. The third-order valence-corrected chi connectivity index (χ3v) is 6.31. The SMILES string of the molecule is CCCCCCN=Cc1cccc(S[Si](C)(C)C)c1. The van der Waals surface area contributed by atoms with Crippen LogP contribution in [0.5, 0.6) is 0 Å². The van der Waals surface area contributed by atoms with Gasteiger partial charge in [-0.05, 0) is 24.1 Å². The maximum Gasteiger partial charge on any atom is 0.114 e. The number of aliphatic imine (C=N–C) groups is 1. The molecule has 0 atom stereocenters. The molecule has 0 aliphatic heterocycles. The van der Waals surface area contributed by atoms with Gasteiger partial charge in [0.1, 0.15) is 7.22 Å². The topological polar surface area (TPSA) is 12.4 Å². The van der Waals surface area contributed by atoms with Gasteiger partial charge in [0, 0.05) is 17.7 Å². The Kier molecular flexibility index (Phi) is 7.47. The number of nitrogens with zero attached hydrogens (tertiary/aromatic N) is 1. The summed E-state index contributed by atoms with van der Waals surface area (Å²) >= 11 is 2.04. The second-order valence-electron chi connectivity index (χ2n) is 5.88. The Morgan fingerprint density at radius 1 is 1.16 bits per heavy atom. The van der Waals surface area contributed by atoms with Gasteiger partial charge in [0.05, 0.1) is 0 Å². The second-order valence-corrected chi connectivity index (χ2v) is 15.1. The van der Waals surface area contributed by atoms with Crippen LogP contribution in [-0.4, -0.2) is 20.0 Å². The van der Waals surface area contributed by atoms with Crippen LogP contribution in [0, 0.1) is 0 Å². The quantitative estimate of drug-likeness (QED) is 0.344. The summed E-state index contributed by atoms with van der Waals surface area (Å²) in [6.07, 6.45) is 7.17. The lowest BCUT2D eigenvalue weighted by molar-refractivity contribution is 0.676. The first-order chi connectivity index (χ1) is 9.01. The first-order valence-electron chi connectivity index (χ1n) is 7.30. The zero-order valence-corrected chi connectivity index (χ0v) is 14.6. The molecule has 0 N–H and O–H groups in total. The van der Waals surface area contributed by atoms with Gasteiger partial charge in [-0.15, -0.1) is 0 Å². The highest BCUT2D eigenvalue weighted by Crippen LogP contribution is 2.29. The Morgan fingerprint density at radius 3 is 2.63 bits per heavy atom. The molecule has 106 valence electrons. The molecule has 0 bridgehead atoms. The highest BCUT2D eigenvalue weighted by atomic mass is 32.4. The molecular weight excluding hydrogens is 266 g/mol. The summed E-state index contributed by atoms with van der Waals surface area (Å²) < 4.78 is 0. The molecule has 19 heavy (non-hydrogen) atoms. The van der Waals surface area contributed by atoms with Gasteiger partial charge < -0.3 is 0 Å². The number of hydrogen-bond donors (Lipinski definition) is 0. The van der Waals surface area contributed by atoms with E-state index >= 15 is 0 Å². The van der Waals surface area contributed by atoms with Gasteiger partial charge in [-0.1, -0.05) is 58.0 Å². The van der Waals surface area contributed by atoms with Crippen LogP contribution in [0.1, 0.15) is 38.2 Å². The smallest absolute Gasteiger partial charge is 0.114 e. The molecule has 1 rings (SSSR count). The van der Waals surface area contributed by atoms with Crippen molar-refractivity contribution >= 4 is 24.6 Å². The Labute approximate surface area is 123 Å². The van der Waals surface area contributed by atoms with Gasteiger partial charge in [0.25, 0.3) is 0 Å². The van der Waals surface area contributed by atoms with Crippen LogP contribution in [0.4, 0.5) is 0 Å². The molecule has 0 aliphatic rings. The fraction of sp³-hybridized carbons (Fsp3) is 0.562. The molecule has 0 aromatic heterocycles. The van der Waals surface area contributed by atoms with Crippen LogP contribution in [0.3, 0.4) is 0 Å². The van der Waals surface area contributed by atoms with Crippen molar-refractivity contribution < 1.29 is 0 Å². The van der Waals surface area contributed by atoms with Crippen molar-refractivity contribution in [3.63, 3.8) is 0 Å². The summed E-state index contributed by atoms with van der Waals surface area (Å²) in [6.45, 7) is 10.3. The minimum absolute atomic E-state index is 0.964. The van der Waals surface area contributed by atoms with E-state index in [-0.39, 0.29) is 0 Å². The highest BCUT2D eigenvalue weighted by molar-refractivity contribution is 8.28. The maximum absolute atomic E-state index is 4.53. The zero-order valence-electron chi connectivity index (χ0n) is 12.8. The van der Waals surface area contributed by atoms with E-state index in [0.717, 1.165) is 6.54 Å². The van der Waals surface area contributed by atoms with Gasteiger partial charge in [0.15, 0.2) is 0 Å². The van der Waals surface area contributed by atoms with Crippen LogP contribution >= 0.6 is 11.2 Å². The molecule has 0 aliphatic carbocycles. The fourth-order valence-corrected chi connectivity index (χ4v) is 5.36. The van der Waals surface area contributed by atoms with Crippen LogP contribution in [-0.2, 0) is 0 Å². The van der Waals surface area contributed by atoms with E-state index in [0.29, 0.717) is 0 Å². The van der Waals surface area contributed by atoms with Crippen molar-refractivity contribution in [2.24, 2.45) is 4.99 Å². The van der Waals surface area contributed by atoms with E-state index in [2.05, 4.69) is 55.8 Å². The predicted molar refractivity (Wildman–Crippen MR) is 92.2 cm³/mol. The van der Waals surface area contributed by atoms with E-state index in [1.54, 1.807) is 0 Å². The number of unbranched alkanes of at least 4 members (excludes halogenated alkanes) is 3. The zero-order chi connectivity index (χ0) is 14.1. The molecule has 1 nitrogen and oxygen atoms in total. The monoisotopic (exact) mass is 293 g/mol. The van der Waals surface area contributed by atoms with Crippen molar-refractivity contribution in [2.45, 2.75) is 57.1 Å². The van der Waals surface area contributed by atoms with Crippen LogP contribution in [0.2, 0.25) is 19.6 Å². The Balaban J connectivity index is 2.45. The molecule has 1 aromatic rings. The average molecular weight is 294 g/mol. The van der Waals surface area contributed by atoms with Crippen molar-refractivity contribution in [3.05, 3.63) is 29.8 Å². The molecule has 0 heterocycles.